The van der Waals surface area contributed by atoms with E-state index in [0.717, 1.165) is 22.2 Å². The molecule has 0 spiro atoms. The highest BCUT2D eigenvalue weighted by Gasteiger charge is 2.18. The molecule has 10 nitrogen and oxygen atoms in total. The Kier molecular flexibility index (Phi) is 7.94. The molecule has 0 unspecified atom stereocenters. The lowest BCUT2D eigenvalue weighted by Crippen LogP contribution is -2.38. The van der Waals surface area contributed by atoms with E-state index in [1.54, 1.807) is 63.7 Å². The molecule has 0 saturated carbocycles. The van der Waals surface area contributed by atoms with Gasteiger partial charge in [-0.2, -0.15) is 0 Å². The van der Waals surface area contributed by atoms with Gasteiger partial charge in [-0.15, -0.1) is 0 Å². The van der Waals surface area contributed by atoms with E-state index < -0.39 is 17.5 Å². The van der Waals surface area contributed by atoms with E-state index in [-0.39, 0.29) is 24.1 Å². The summed E-state index contributed by atoms with van der Waals surface area (Å²) < 4.78 is 17.3. The number of aromatic nitrogens is 4. The zero-order valence-electron chi connectivity index (χ0n) is 23.6. The lowest BCUT2D eigenvalue weighted by Gasteiger charge is -2.17. The molecule has 2 amide bonds. The maximum atomic E-state index is 13.9. The van der Waals surface area contributed by atoms with Crippen LogP contribution >= 0.6 is 0 Å². The van der Waals surface area contributed by atoms with Crippen LogP contribution in [0.1, 0.15) is 28.4 Å². The molecule has 42 heavy (non-hydrogen) atoms. The van der Waals surface area contributed by atoms with E-state index in [4.69, 9.17) is 0 Å². The van der Waals surface area contributed by atoms with Crippen LogP contribution < -0.4 is 21.5 Å². The molecule has 3 aromatic heterocycles. The van der Waals surface area contributed by atoms with Gasteiger partial charge in [0.15, 0.2) is 5.82 Å². The molecule has 214 valence electrons. The lowest BCUT2D eigenvalue weighted by molar-refractivity contribution is -0.117. The molecule has 3 heterocycles. The van der Waals surface area contributed by atoms with E-state index in [1.165, 1.54) is 22.9 Å². The van der Waals surface area contributed by atoms with Gasteiger partial charge in [-0.25, -0.2) is 9.37 Å². The summed E-state index contributed by atoms with van der Waals surface area (Å²) in [5, 5.41) is 8.84. The molecule has 0 aliphatic heterocycles. The topological polar surface area (TPSA) is 123 Å². The third kappa shape index (κ3) is 5.54. The highest BCUT2D eigenvalue weighted by Crippen LogP contribution is 2.26. The fraction of sp³-hybridized carbons (Fsp3) is 0.194. The quantitative estimate of drug-likeness (QED) is 0.263. The van der Waals surface area contributed by atoms with Gasteiger partial charge in [-0.3, -0.25) is 23.9 Å². The number of aryl methyl sites for hydroxylation is 1. The monoisotopic (exact) mass is 567 g/mol. The number of carbonyl (C=O) groups is 2. The number of anilines is 1. The van der Waals surface area contributed by atoms with Crippen molar-refractivity contribution in [2.45, 2.75) is 26.4 Å². The number of likely N-dealkylation sites (N-methyl/N-ethyl adjacent to an activating group) is 1. The Balaban J connectivity index is 1.60. The number of hydrogen-bond acceptors (Lipinski definition) is 6. The zero-order chi connectivity index (χ0) is 30.0. The average Bonchev–Trinajstić information content (AvgIpc) is 3.33. The molecular formula is C31H30FN7O3. The van der Waals surface area contributed by atoms with Gasteiger partial charge in [-0.1, -0.05) is 12.1 Å². The number of carbonyl (C=O) groups excluding carboxylic acids is 2. The Labute approximate surface area is 241 Å². The van der Waals surface area contributed by atoms with Crippen molar-refractivity contribution in [3.8, 4) is 16.9 Å². The minimum atomic E-state index is -0.544. The highest BCUT2D eigenvalue weighted by atomic mass is 19.1. The molecule has 11 heteroatoms. The number of amides is 2. The summed E-state index contributed by atoms with van der Waals surface area (Å²) in [7, 11) is 3.19. The zero-order valence-corrected chi connectivity index (χ0v) is 23.6. The van der Waals surface area contributed by atoms with Crippen molar-refractivity contribution < 1.29 is 14.0 Å². The van der Waals surface area contributed by atoms with Crippen molar-refractivity contribution in [1.82, 2.24) is 29.7 Å². The maximum absolute atomic E-state index is 13.9. The molecule has 5 rings (SSSR count). The van der Waals surface area contributed by atoms with Gasteiger partial charge in [0.1, 0.15) is 5.82 Å². The third-order valence-electron chi connectivity index (χ3n) is 7.13. The summed E-state index contributed by atoms with van der Waals surface area (Å²) in [6, 6.07) is 12.8. The van der Waals surface area contributed by atoms with Crippen LogP contribution in [0.4, 0.5) is 10.2 Å². The van der Waals surface area contributed by atoms with Crippen LogP contribution in [0.3, 0.4) is 0 Å². The van der Waals surface area contributed by atoms with E-state index in [0.29, 0.717) is 22.4 Å². The summed E-state index contributed by atoms with van der Waals surface area (Å²) in [6.07, 6.45) is 6.76. The molecule has 3 N–H and O–H groups in total. The molecule has 5 aromatic rings. The number of hydrogen-bond donors (Lipinski definition) is 3. The second-order valence-electron chi connectivity index (χ2n) is 9.94. The molecule has 0 fully saturated rings. The number of pyridine rings is 1. The largest absolute Gasteiger partial charge is 0.355 e. The smallest absolute Gasteiger partial charge is 0.294 e. The molecule has 0 bridgehead atoms. The number of fused-ring (bicyclic) bond motifs is 1. The minimum Gasteiger partial charge on any atom is -0.355 e. The van der Waals surface area contributed by atoms with Gasteiger partial charge in [0.05, 0.1) is 41.9 Å². The first-order valence-corrected chi connectivity index (χ1v) is 13.3. The third-order valence-corrected chi connectivity index (χ3v) is 7.13. The molecule has 0 aliphatic carbocycles. The van der Waals surface area contributed by atoms with E-state index in [9.17, 15) is 18.8 Å². The Morgan fingerprint density at radius 3 is 2.62 bits per heavy atom. The lowest BCUT2D eigenvalue weighted by atomic mass is 10.1. The predicted molar refractivity (Wildman–Crippen MR) is 159 cm³/mol. The molecule has 1 atom stereocenters. The molecule has 0 saturated heterocycles. The van der Waals surface area contributed by atoms with Crippen molar-refractivity contribution >= 4 is 28.5 Å². The minimum absolute atomic E-state index is 0.0962. The van der Waals surface area contributed by atoms with Gasteiger partial charge < -0.3 is 20.5 Å². The Morgan fingerprint density at radius 2 is 1.86 bits per heavy atom. The predicted octanol–water partition coefficient (Wildman–Crippen LogP) is 3.65. The van der Waals surface area contributed by atoms with Gasteiger partial charge in [0, 0.05) is 36.0 Å². The Hall–Kier alpha value is -5.16. The Bertz CT molecular complexity index is 1880. The number of benzene rings is 2. The summed E-state index contributed by atoms with van der Waals surface area (Å²) in [4.78, 5) is 47.3. The van der Waals surface area contributed by atoms with E-state index in [2.05, 4.69) is 25.9 Å². The fourth-order valence-electron chi connectivity index (χ4n) is 4.74. The van der Waals surface area contributed by atoms with Gasteiger partial charge in [0.25, 0.3) is 11.5 Å². The van der Waals surface area contributed by atoms with Gasteiger partial charge >= 0.3 is 0 Å². The van der Waals surface area contributed by atoms with Crippen LogP contribution in [0.2, 0.25) is 0 Å². The van der Waals surface area contributed by atoms with Crippen LogP contribution in [-0.2, 0) is 11.3 Å². The molecule has 0 aliphatic rings. The normalized spacial score (nSPS) is 11.8. The Morgan fingerprint density at radius 1 is 1.05 bits per heavy atom. The standard InChI is InChI=1S/C31H30FN7O3/c1-18-16-38(26-9-8-23(32)12-25(18)26)24-10-20(13-35-14-24)17-39-27(21-6-5-7-22(11-21)30(41)34-4)15-36-28(31(39)42)37-29(40)19(2)33-3/h5-16,19,33H,17H2,1-4H3,(H,34,41)(H,36,37,40)/t19-/m0/s1. The van der Waals surface area contributed by atoms with Crippen LogP contribution in [0.25, 0.3) is 27.8 Å². The van der Waals surface area contributed by atoms with Crippen molar-refractivity contribution in [2.75, 3.05) is 19.4 Å². The van der Waals surface area contributed by atoms with Gasteiger partial charge in [-0.05, 0) is 68.4 Å². The summed E-state index contributed by atoms with van der Waals surface area (Å²) in [6.45, 7) is 3.68. The van der Waals surface area contributed by atoms with E-state index in [1.807, 2.05) is 23.8 Å². The first kappa shape index (κ1) is 28.4. The van der Waals surface area contributed by atoms with Crippen LogP contribution in [0.15, 0.2) is 78.1 Å². The van der Waals surface area contributed by atoms with Crippen molar-refractivity contribution in [3.63, 3.8) is 0 Å². The fourth-order valence-corrected chi connectivity index (χ4v) is 4.74. The second-order valence-corrected chi connectivity index (χ2v) is 9.94. The summed E-state index contributed by atoms with van der Waals surface area (Å²) >= 11 is 0. The van der Waals surface area contributed by atoms with Crippen molar-refractivity contribution in [3.05, 3.63) is 106 Å². The molecular weight excluding hydrogens is 537 g/mol. The SMILES string of the molecule is CNC(=O)c1cccc(-c2cnc(NC(=O)[C@H](C)NC)c(=O)n2Cc2cncc(-n3cc(C)c4cc(F)ccc43)c2)c1. The maximum Gasteiger partial charge on any atom is 0.294 e. The number of nitrogens with one attached hydrogen (secondary N) is 3. The summed E-state index contributed by atoms with van der Waals surface area (Å²) in [5.41, 5.74) is 4.13. The second kappa shape index (κ2) is 11.8. The van der Waals surface area contributed by atoms with E-state index >= 15 is 0 Å². The van der Waals surface area contributed by atoms with Crippen molar-refractivity contribution in [2.24, 2.45) is 0 Å². The molecule has 2 aromatic carbocycles. The first-order chi connectivity index (χ1) is 20.2. The van der Waals surface area contributed by atoms with Crippen LogP contribution in [0.5, 0.6) is 0 Å². The van der Waals surface area contributed by atoms with Crippen molar-refractivity contribution in [1.29, 1.82) is 0 Å². The van der Waals surface area contributed by atoms with Crippen LogP contribution in [0, 0.1) is 12.7 Å². The highest BCUT2D eigenvalue weighted by molar-refractivity contribution is 5.95. The first-order valence-electron chi connectivity index (χ1n) is 13.3. The average molecular weight is 568 g/mol. The van der Waals surface area contributed by atoms with Gasteiger partial charge in [0.2, 0.25) is 5.91 Å². The summed E-state index contributed by atoms with van der Waals surface area (Å²) in [5.74, 6) is -1.11. The van der Waals surface area contributed by atoms with Crippen LogP contribution in [-0.4, -0.2) is 51.1 Å². The number of halogens is 1. The molecule has 0 radical (unpaired) electrons. The number of rotatable bonds is 8. The number of nitrogens with zero attached hydrogens (tertiary/aromatic N) is 4.